The highest BCUT2D eigenvalue weighted by atomic mass is 127. The monoisotopic (exact) mass is 402 g/mol. The van der Waals surface area contributed by atoms with Crippen LogP contribution in [0.3, 0.4) is 0 Å². The molecular formula is C13H12BrIN2. The molecule has 0 atom stereocenters. The molecule has 0 saturated carbocycles. The van der Waals surface area contributed by atoms with Gasteiger partial charge < -0.3 is 11.1 Å². The molecule has 2 rings (SSSR count). The molecule has 2 aromatic carbocycles. The minimum absolute atomic E-state index is 0.790. The second-order valence-corrected chi connectivity index (χ2v) is 5.89. The summed E-state index contributed by atoms with van der Waals surface area (Å²) >= 11 is 5.82. The first-order valence-electron chi connectivity index (χ1n) is 5.15. The Kier molecular flexibility index (Phi) is 3.93. The average molecular weight is 403 g/mol. The number of hydrogen-bond donors (Lipinski definition) is 2. The Morgan fingerprint density at radius 1 is 1.18 bits per heavy atom. The third-order valence-electron chi connectivity index (χ3n) is 2.52. The summed E-state index contributed by atoms with van der Waals surface area (Å²) in [5, 5.41) is 3.33. The minimum Gasteiger partial charge on any atom is -0.397 e. The van der Waals surface area contributed by atoms with Gasteiger partial charge in [0.25, 0.3) is 0 Å². The van der Waals surface area contributed by atoms with E-state index in [1.165, 1.54) is 3.57 Å². The largest absolute Gasteiger partial charge is 0.397 e. The third kappa shape index (κ3) is 2.93. The number of anilines is 3. The van der Waals surface area contributed by atoms with Gasteiger partial charge in [0.15, 0.2) is 0 Å². The van der Waals surface area contributed by atoms with Crippen LogP contribution in [0, 0.1) is 10.5 Å². The first kappa shape index (κ1) is 12.7. The van der Waals surface area contributed by atoms with Crippen LogP contribution in [0.1, 0.15) is 5.56 Å². The van der Waals surface area contributed by atoms with Gasteiger partial charge in [0.05, 0.1) is 17.1 Å². The molecule has 0 amide bonds. The van der Waals surface area contributed by atoms with E-state index >= 15 is 0 Å². The summed E-state index contributed by atoms with van der Waals surface area (Å²) in [5.41, 5.74) is 9.85. The van der Waals surface area contributed by atoms with Gasteiger partial charge >= 0.3 is 0 Å². The van der Waals surface area contributed by atoms with E-state index < -0.39 is 0 Å². The number of nitrogens with two attached hydrogens (primary N) is 1. The van der Waals surface area contributed by atoms with Crippen LogP contribution < -0.4 is 11.1 Å². The lowest BCUT2D eigenvalue weighted by Crippen LogP contribution is -1.98. The molecule has 2 nitrogen and oxygen atoms in total. The molecular weight excluding hydrogens is 391 g/mol. The normalized spacial score (nSPS) is 10.3. The summed E-state index contributed by atoms with van der Waals surface area (Å²) in [6, 6.07) is 12.1. The van der Waals surface area contributed by atoms with Gasteiger partial charge in [-0.1, -0.05) is 12.1 Å². The van der Waals surface area contributed by atoms with Crippen LogP contribution in [0.2, 0.25) is 0 Å². The highest BCUT2D eigenvalue weighted by molar-refractivity contribution is 14.1. The first-order chi connectivity index (χ1) is 8.08. The van der Waals surface area contributed by atoms with Gasteiger partial charge in [-0.15, -0.1) is 0 Å². The van der Waals surface area contributed by atoms with Crippen molar-refractivity contribution in [1.82, 2.24) is 0 Å². The number of para-hydroxylation sites is 1. The van der Waals surface area contributed by atoms with Crippen LogP contribution in [0.4, 0.5) is 17.1 Å². The molecule has 0 spiro atoms. The van der Waals surface area contributed by atoms with Crippen LogP contribution in [-0.4, -0.2) is 0 Å². The van der Waals surface area contributed by atoms with Gasteiger partial charge in [0, 0.05) is 8.04 Å². The molecule has 0 heterocycles. The molecule has 0 aliphatic carbocycles. The van der Waals surface area contributed by atoms with Gasteiger partial charge in [0.1, 0.15) is 0 Å². The molecule has 0 aliphatic heterocycles. The van der Waals surface area contributed by atoms with Crippen molar-refractivity contribution in [3.8, 4) is 0 Å². The second-order valence-electron chi connectivity index (χ2n) is 3.79. The number of nitrogens with one attached hydrogen (secondary N) is 1. The predicted molar refractivity (Wildman–Crippen MR) is 85.7 cm³/mol. The van der Waals surface area contributed by atoms with E-state index in [0.29, 0.717) is 0 Å². The number of rotatable bonds is 2. The Bertz CT molecular complexity index is 555. The predicted octanol–water partition coefficient (Wildman–Crippen LogP) is 4.69. The highest BCUT2D eigenvalue weighted by Gasteiger charge is 2.04. The van der Waals surface area contributed by atoms with E-state index in [4.69, 9.17) is 5.73 Å². The summed E-state index contributed by atoms with van der Waals surface area (Å²) in [7, 11) is 0. The Labute approximate surface area is 123 Å². The second kappa shape index (κ2) is 5.27. The summed E-state index contributed by atoms with van der Waals surface area (Å²) in [5.74, 6) is 0. The van der Waals surface area contributed by atoms with Gasteiger partial charge in [-0.3, -0.25) is 0 Å². The number of aryl methyl sites for hydroxylation is 1. The first-order valence-corrected chi connectivity index (χ1v) is 7.02. The summed E-state index contributed by atoms with van der Waals surface area (Å²) in [6.45, 7) is 2.00. The molecule has 0 radical (unpaired) electrons. The van der Waals surface area contributed by atoms with Crippen molar-refractivity contribution in [3.05, 3.63) is 50.0 Å². The van der Waals surface area contributed by atoms with Crippen LogP contribution in [0.15, 0.2) is 40.9 Å². The number of nitrogen functional groups attached to an aromatic ring is 1. The Morgan fingerprint density at radius 3 is 2.65 bits per heavy atom. The van der Waals surface area contributed by atoms with E-state index in [-0.39, 0.29) is 0 Å². The highest BCUT2D eigenvalue weighted by Crippen LogP contribution is 2.30. The zero-order chi connectivity index (χ0) is 12.4. The van der Waals surface area contributed by atoms with Crippen LogP contribution in [-0.2, 0) is 0 Å². The van der Waals surface area contributed by atoms with E-state index in [0.717, 1.165) is 27.1 Å². The fourth-order valence-electron chi connectivity index (χ4n) is 1.53. The summed E-state index contributed by atoms with van der Waals surface area (Å²) in [6.07, 6.45) is 0. The van der Waals surface area contributed by atoms with Crippen molar-refractivity contribution in [3.63, 3.8) is 0 Å². The minimum atomic E-state index is 0.790. The van der Waals surface area contributed by atoms with Crippen molar-refractivity contribution in [2.75, 3.05) is 11.1 Å². The molecule has 0 fully saturated rings. The van der Waals surface area contributed by atoms with Crippen LogP contribution >= 0.6 is 38.5 Å². The van der Waals surface area contributed by atoms with Crippen LogP contribution in [0.25, 0.3) is 0 Å². The zero-order valence-corrected chi connectivity index (χ0v) is 13.0. The lowest BCUT2D eigenvalue weighted by atomic mass is 10.1. The zero-order valence-electron chi connectivity index (χ0n) is 9.30. The van der Waals surface area contributed by atoms with Gasteiger partial charge in [-0.05, 0) is 75.3 Å². The number of halogens is 2. The summed E-state index contributed by atoms with van der Waals surface area (Å²) < 4.78 is 2.22. The van der Waals surface area contributed by atoms with Crippen molar-refractivity contribution >= 4 is 55.6 Å². The van der Waals surface area contributed by atoms with Crippen LogP contribution in [0.5, 0.6) is 0 Å². The van der Waals surface area contributed by atoms with E-state index in [2.05, 4.69) is 56.0 Å². The molecule has 0 unspecified atom stereocenters. The lowest BCUT2D eigenvalue weighted by molar-refractivity contribution is 1.44. The van der Waals surface area contributed by atoms with E-state index in [1.807, 2.05) is 31.2 Å². The molecule has 0 aromatic heterocycles. The fraction of sp³-hybridized carbons (Fsp3) is 0.0769. The maximum absolute atomic E-state index is 6.03. The molecule has 0 saturated heterocycles. The third-order valence-corrected chi connectivity index (χ3v) is 3.85. The van der Waals surface area contributed by atoms with Crippen molar-refractivity contribution < 1.29 is 0 Å². The molecule has 3 N–H and O–H groups in total. The van der Waals surface area contributed by atoms with Crippen molar-refractivity contribution in [1.29, 1.82) is 0 Å². The molecule has 88 valence electrons. The molecule has 0 bridgehead atoms. The molecule has 0 aliphatic rings. The molecule has 2 aromatic rings. The Morgan fingerprint density at radius 2 is 1.94 bits per heavy atom. The maximum atomic E-state index is 6.03. The quantitative estimate of drug-likeness (QED) is 0.565. The lowest BCUT2D eigenvalue weighted by Gasteiger charge is -2.12. The average Bonchev–Trinajstić information content (AvgIpc) is 2.28. The van der Waals surface area contributed by atoms with E-state index in [1.54, 1.807) is 0 Å². The molecule has 4 heteroatoms. The van der Waals surface area contributed by atoms with Gasteiger partial charge in [0.2, 0.25) is 0 Å². The SMILES string of the molecule is Cc1cccc(Nc2ccc(I)cc2Br)c1N. The van der Waals surface area contributed by atoms with Gasteiger partial charge in [-0.25, -0.2) is 0 Å². The standard InChI is InChI=1S/C13H12BrIN2/c1-8-3-2-4-12(13(8)16)17-11-6-5-9(15)7-10(11)14/h2-7,17H,16H2,1H3. The Hall–Kier alpha value is -0.750. The topological polar surface area (TPSA) is 38.0 Å². The smallest absolute Gasteiger partial charge is 0.0620 e. The van der Waals surface area contributed by atoms with Crippen molar-refractivity contribution in [2.45, 2.75) is 6.92 Å². The number of benzene rings is 2. The molecule has 17 heavy (non-hydrogen) atoms. The van der Waals surface area contributed by atoms with E-state index in [9.17, 15) is 0 Å². The maximum Gasteiger partial charge on any atom is 0.0620 e. The number of hydrogen-bond acceptors (Lipinski definition) is 2. The summed E-state index contributed by atoms with van der Waals surface area (Å²) in [4.78, 5) is 0. The fourth-order valence-corrected chi connectivity index (χ4v) is 2.92. The Balaban J connectivity index is 2.35. The van der Waals surface area contributed by atoms with Crippen molar-refractivity contribution in [2.24, 2.45) is 0 Å². The van der Waals surface area contributed by atoms with Gasteiger partial charge in [-0.2, -0.15) is 0 Å².